The molecular formula is C25H21Cl2F3N2O3. The molecule has 2 unspecified atom stereocenters. The Hall–Kier alpha value is -2.71. The minimum atomic E-state index is -4.45. The van der Waals surface area contributed by atoms with Crippen LogP contribution >= 0.6 is 23.2 Å². The third kappa shape index (κ3) is 3.96. The first-order chi connectivity index (χ1) is 16.4. The topological polar surface area (TPSA) is 62.5 Å². The minimum absolute atomic E-state index is 0.0253. The third-order valence-corrected chi connectivity index (χ3v) is 8.12. The van der Waals surface area contributed by atoms with E-state index in [0.29, 0.717) is 45.8 Å². The van der Waals surface area contributed by atoms with E-state index >= 15 is 0 Å². The van der Waals surface area contributed by atoms with Crippen LogP contribution in [-0.2, 0) is 24.4 Å². The van der Waals surface area contributed by atoms with Crippen LogP contribution in [0.15, 0.2) is 30.3 Å². The summed E-state index contributed by atoms with van der Waals surface area (Å²) >= 11 is 13.1. The summed E-state index contributed by atoms with van der Waals surface area (Å²) < 4.78 is 41.6. The van der Waals surface area contributed by atoms with Crippen LogP contribution < -0.4 is 0 Å². The number of nitrogens with zero attached hydrogens (tertiary/aromatic N) is 2. The van der Waals surface area contributed by atoms with Crippen molar-refractivity contribution in [1.82, 2.24) is 9.47 Å². The second-order valence-corrected chi connectivity index (χ2v) is 10.2. The number of amides is 1. The molecule has 1 aromatic heterocycles. The lowest BCUT2D eigenvalue weighted by atomic mass is 10.0. The Morgan fingerprint density at radius 3 is 2.37 bits per heavy atom. The van der Waals surface area contributed by atoms with Gasteiger partial charge in [-0.1, -0.05) is 23.2 Å². The number of likely N-dealkylation sites (tertiary alicyclic amines) is 1. The number of aromatic nitrogens is 1. The van der Waals surface area contributed by atoms with Crippen molar-refractivity contribution < 1.29 is 27.9 Å². The zero-order chi connectivity index (χ0) is 25.4. The summed E-state index contributed by atoms with van der Waals surface area (Å²) in [5.74, 6) is -1.55. The van der Waals surface area contributed by atoms with E-state index < -0.39 is 17.7 Å². The molecule has 2 atom stereocenters. The Morgan fingerprint density at radius 1 is 1.11 bits per heavy atom. The molecule has 1 aliphatic heterocycles. The number of fused-ring (bicyclic) bond motifs is 2. The van der Waals surface area contributed by atoms with E-state index in [-0.39, 0.29) is 40.7 Å². The second kappa shape index (κ2) is 8.17. The molecule has 2 aliphatic rings. The number of aliphatic carboxylic acids is 1. The lowest BCUT2D eigenvalue weighted by Crippen LogP contribution is -2.32. The van der Waals surface area contributed by atoms with Crippen LogP contribution in [-0.4, -0.2) is 39.5 Å². The molecule has 1 saturated carbocycles. The van der Waals surface area contributed by atoms with Crippen LogP contribution in [0.1, 0.15) is 32.7 Å². The van der Waals surface area contributed by atoms with Gasteiger partial charge in [0.2, 0.25) is 0 Å². The molecule has 0 bridgehead atoms. The summed E-state index contributed by atoms with van der Waals surface area (Å²) in [5, 5.41) is 10.4. The SMILES string of the molecule is Cc1cc(C(F)(F)F)cc2c1cc(Cc1c(Cl)ccc(C(=O)N3CC4C(C3)C4C(=O)O)c1Cl)n2C. The number of hydrogen-bond acceptors (Lipinski definition) is 2. The number of alkyl halides is 3. The molecule has 1 aliphatic carbocycles. The highest BCUT2D eigenvalue weighted by molar-refractivity contribution is 6.38. The molecule has 184 valence electrons. The standard InChI is InChI=1S/C25H21Cl2F3N2O3/c1-11-5-12(25(28,29)30)6-20-15(11)7-13(31(20)2)8-16-19(26)4-3-14(22(16)27)23(33)32-9-17-18(10-32)21(17)24(34)35/h3-7,17-18,21H,8-10H2,1-2H3,(H,34,35). The van der Waals surface area contributed by atoms with Crippen LogP contribution in [0.5, 0.6) is 0 Å². The molecule has 2 heterocycles. The Morgan fingerprint density at radius 2 is 1.77 bits per heavy atom. The van der Waals surface area contributed by atoms with E-state index in [2.05, 4.69) is 0 Å². The van der Waals surface area contributed by atoms with Gasteiger partial charge in [-0.25, -0.2) is 0 Å². The van der Waals surface area contributed by atoms with Crippen molar-refractivity contribution in [2.75, 3.05) is 13.1 Å². The Bertz CT molecular complexity index is 1390. The largest absolute Gasteiger partial charge is 0.481 e. The number of carboxylic acid groups (broad SMARTS) is 1. The van der Waals surface area contributed by atoms with E-state index in [9.17, 15) is 27.9 Å². The van der Waals surface area contributed by atoms with Crippen LogP contribution in [0.4, 0.5) is 13.2 Å². The van der Waals surface area contributed by atoms with Crippen LogP contribution in [0, 0.1) is 24.7 Å². The number of piperidine rings is 1. The van der Waals surface area contributed by atoms with Crippen molar-refractivity contribution in [2.45, 2.75) is 19.5 Å². The van der Waals surface area contributed by atoms with Gasteiger partial charge in [-0.3, -0.25) is 9.59 Å². The molecule has 35 heavy (non-hydrogen) atoms. The fourth-order valence-electron chi connectivity index (χ4n) is 5.33. The van der Waals surface area contributed by atoms with E-state index in [1.807, 2.05) is 6.07 Å². The quantitative estimate of drug-likeness (QED) is 0.468. The Kier molecular flexibility index (Phi) is 5.60. The Balaban J connectivity index is 1.45. The minimum Gasteiger partial charge on any atom is -0.481 e. The summed E-state index contributed by atoms with van der Waals surface area (Å²) in [6.07, 6.45) is -4.23. The maximum absolute atomic E-state index is 13.3. The van der Waals surface area contributed by atoms with Gasteiger partial charge in [-0.2, -0.15) is 13.2 Å². The fraction of sp³-hybridized carbons (Fsp3) is 0.360. The molecule has 3 aromatic rings. The predicted octanol–water partition coefficient (Wildman–Crippen LogP) is 5.81. The van der Waals surface area contributed by atoms with Crippen LogP contribution in [0.25, 0.3) is 10.9 Å². The summed E-state index contributed by atoms with van der Waals surface area (Å²) in [5.41, 5.74) is 1.71. The number of carbonyl (C=O) groups is 2. The van der Waals surface area contributed by atoms with Crippen LogP contribution in [0.2, 0.25) is 10.0 Å². The molecule has 5 rings (SSSR count). The normalized spacial score (nSPS) is 21.5. The molecule has 2 fully saturated rings. The van der Waals surface area contributed by atoms with Crippen molar-refractivity contribution in [3.63, 3.8) is 0 Å². The number of benzene rings is 2. The van der Waals surface area contributed by atoms with Crippen molar-refractivity contribution >= 4 is 46.0 Å². The summed E-state index contributed by atoms with van der Waals surface area (Å²) in [4.78, 5) is 26.0. The number of halogens is 5. The van der Waals surface area contributed by atoms with Crippen molar-refractivity contribution in [3.05, 3.63) is 68.3 Å². The molecule has 1 N–H and O–H groups in total. The van der Waals surface area contributed by atoms with Gasteiger partial charge in [-0.15, -0.1) is 0 Å². The second-order valence-electron chi connectivity index (χ2n) is 9.38. The summed E-state index contributed by atoms with van der Waals surface area (Å²) in [6.45, 7) is 2.38. The fourth-order valence-corrected chi connectivity index (χ4v) is 5.92. The zero-order valence-electron chi connectivity index (χ0n) is 18.8. The van der Waals surface area contributed by atoms with Gasteiger partial charge in [0.25, 0.3) is 5.91 Å². The number of carboxylic acids is 1. The molecule has 1 saturated heterocycles. The highest BCUT2D eigenvalue weighted by atomic mass is 35.5. The van der Waals surface area contributed by atoms with Crippen molar-refractivity contribution in [2.24, 2.45) is 24.8 Å². The van der Waals surface area contributed by atoms with Gasteiger partial charge < -0.3 is 14.6 Å². The van der Waals surface area contributed by atoms with E-state index in [4.69, 9.17) is 23.2 Å². The molecule has 2 aromatic carbocycles. The lowest BCUT2D eigenvalue weighted by Gasteiger charge is -2.21. The highest BCUT2D eigenvalue weighted by Crippen LogP contribution is 2.52. The molecule has 0 radical (unpaired) electrons. The third-order valence-electron chi connectivity index (χ3n) is 7.34. The molecule has 1 amide bonds. The molecule has 5 nitrogen and oxygen atoms in total. The Labute approximate surface area is 209 Å². The van der Waals surface area contributed by atoms with Gasteiger partial charge in [-0.05, 0) is 60.2 Å². The molecule has 0 spiro atoms. The first-order valence-corrected chi connectivity index (χ1v) is 11.8. The van der Waals surface area contributed by atoms with Gasteiger partial charge in [0, 0.05) is 48.2 Å². The molecular weight excluding hydrogens is 504 g/mol. The van der Waals surface area contributed by atoms with Gasteiger partial charge in [0.05, 0.1) is 22.1 Å². The number of hydrogen-bond donors (Lipinski definition) is 1. The van der Waals surface area contributed by atoms with Gasteiger partial charge in [0.15, 0.2) is 0 Å². The number of rotatable bonds is 4. The molecule has 10 heteroatoms. The van der Waals surface area contributed by atoms with Crippen molar-refractivity contribution in [3.8, 4) is 0 Å². The lowest BCUT2D eigenvalue weighted by molar-refractivity contribution is -0.139. The van der Waals surface area contributed by atoms with Crippen molar-refractivity contribution in [1.29, 1.82) is 0 Å². The van der Waals surface area contributed by atoms with Gasteiger partial charge in [0.1, 0.15) is 0 Å². The maximum Gasteiger partial charge on any atom is 0.416 e. The summed E-state index contributed by atoms with van der Waals surface area (Å²) in [6, 6.07) is 7.20. The average Bonchev–Trinajstić information content (AvgIpc) is 3.11. The summed E-state index contributed by atoms with van der Waals surface area (Å²) in [7, 11) is 1.68. The van der Waals surface area contributed by atoms with Crippen LogP contribution in [0.3, 0.4) is 0 Å². The van der Waals surface area contributed by atoms with E-state index in [1.54, 1.807) is 35.6 Å². The number of aryl methyl sites for hydroxylation is 2. The first-order valence-electron chi connectivity index (χ1n) is 11.0. The zero-order valence-corrected chi connectivity index (χ0v) is 20.3. The predicted molar refractivity (Wildman–Crippen MR) is 126 cm³/mol. The van der Waals surface area contributed by atoms with E-state index in [1.165, 1.54) is 0 Å². The number of carbonyl (C=O) groups excluding carboxylic acids is 1. The van der Waals surface area contributed by atoms with Gasteiger partial charge >= 0.3 is 12.1 Å². The van der Waals surface area contributed by atoms with E-state index in [0.717, 1.165) is 12.1 Å². The smallest absolute Gasteiger partial charge is 0.416 e. The monoisotopic (exact) mass is 524 g/mol. The maximum atomic E-state index is 13.3. The highest BCUT2D eigenvalue weighted by Gasteiger charge is 2.60. The average molecular weight is 525 g/mol. The first kappa shape index (κ1) is 24.0.